The molecule has 82 valence electrons. The summed E-state index contributed by atoms with van der Waals surface area (Å²) in [6.07, 6.45) is 4.04. The van der Waals surface area contributed by atoms with Crippen molar-refractivity contribution >= 4 is 5.97 Å². The van der Waals surface area contributed by atoms with E-state index in [1.54, 1.807) is 13.0 Å². The van der Waals surface area contributed by atoms with Crippen LogP contribution in [0.1, 0.15) is 20.3 Å². The Hall–Kier alpha value is -0.870. The van der Waals surface area contributed by atoms with Gasteiger partial charge in [0.15, 0.2) is 6.17 Å². The molecule has 0 aliphatic rings. The van der Waals surface area contributed by atoms with Gasteiger partial charge in [-0.2, -0.15) is 0 Å². The summed E-state index contributed by atoms with van der Waals surface area (Å²) in [6.45, 7) is 3.82. The van der Waals surface area contributed by atoms with Crippen LogP contribution < -0.4 is 5.48 Å². The highest BCUT2D eigenvalue weighted by molar-refractivity contribution is 5.81. The lowest BCUT2D eigenvalue weighted by Crippen LogP contribution is -2.53. The molecule has 0 fully saturated rings. The molecule has 0 amide bonds. The van der Waals surface area contributed by atoms with Gasteiger partial charge in [0, 0.05) is 12.5 Å². The Morgan fingerprint density at radius 2 is 2.07 bits per heavy atom. The summed E-state index contributed by atoms with van der Waals surface area (Å²) in [7, 11) is 6.14. The third kappa shape index (κ3) is 4.99. The predicted molar refractivity (Wildman–Crippen MR) is 56.2 cm³/mol. The molecule has 0 saturated carbocycles. The van der Waals surface area contributed by atoms with Crippen LogP contribution in [0.15, 0.2) is 12.2 Å². The van der Waals surface area contributed by atoms with E-state index >= 15 is 0 Å². The van der Waals surface area contributed by atoms with Crippen molar-refractivity contribution in [1.82, 2.24) is 5.48 Å². The van der Waals surface area contributed by atoms with Crippen LogP contribution in [0, 0.1) is 0 Å². The summed E-state index contributed by atoms with van der Waals surface area (Å²) in [5.41, 5.74) is 2.77. The maximum absolute atomic E-state index is 11.0. The van der Waals surface area contributed by atoms with Gasteiger partial charge in [0.25, 0.3) is 0 Å². The fourth-order valence-corrected chi connectivity index (χ4v) is 1.09. The van der Waals surface area contributed by atoms with Crippen LogP contribution >= 0.6 is 0 Å². The molecule has 1 N–H and O–H groups in total. The van der Waals surface area contributed by atoms with E-state index in [1.165, 1.54) is 6.08 Å². The van der Waals surface area contributed by atoms with Crippen LogP contribution in [-0.2, 0) is 9.63 Å². The normalized spacial score (nSPS) is 14.4. The summed E-state index contributed by atoms with van der Waals surface area (Å²) >= 11 is 0. The van der Waals surface area contributed by atoms with Gasteiger partial charge in [-0.3, -0.25) is 0 Å². The number of rotatable bonds is 5. The lowest BCUT2D eigenvalue weighted by molar-refractivity contribution is -0.902. The second kappa shape index (κ2) is 5.78. The van der Waals surface area contributed by atoms with Gasteiger partial charge in [-0.1, -0.05) is 18.5 Å². The fourth-order valence-electron chi connectivity index (χ4n) is 1.09. The van der Waals surface area contributed by atoms with Crippen molar-refractivity contribution in [3.8, 4) is 0 Å². The first-order chi connectivity index (χ1) is 6.41. The second-order valence-electron chi connectivity index (χ2n) is 4.08. The molecule has 0 heterocycles. The van der Waals surface area contributed by atoms with Gasteiger partial charge >= 0.3 is 5.97 Å². The minimum atomic E-state index is -0.362. The number of allylic oxidation sites excluding steroid dienone is 1. The molecule has 1 unspecified atom stereocenters. The second-order valence-corrected chi connectivity index (χ2v) is 4.08. The molecule has 0 aromatic carbocycles. The summed E-state index contributed by atoms with van der Waals surface area (Å²) < 4.78 is 0.708. The van der Waals surface area contributed by atoms with Gasteiger partial charge in [0.2, 0.25) is 0 Å². The molecule has 0 spiro atoms. The maximum Gasteiger partial charge on any atom is 0.349 e. The van der Waals surface area contributed by atoms with Gasteiger partial charge in [-0.15, -0.1) is 0 Å². The van der Waals surface area contributed by atoms with Crippen LogP contribution in [0.5, 0.6) is 0 Å². The predicted octanol–water partition coefficient (Wildman–Crippen LogP) is 1.05. The van der Waals surface area contributed by atoms with Crippen molar-refractivity contribution in [2.24, 2.45) is 0 Å². The number of nitrogens with zero attached hydrogens (tertiary/aromatic N) is 1. The van der Waals surface area contributed by atoms with E-state index in [4.69, 9.17) is 4.84 Å². The molecule has 0 bridgehead atoms. The van der Waals surface area contributed by atoms with Crippen molar-refractivity contribution in [2.75, 3.05) is 21.1 Å². The first-order valence-electron chi connectivity index (χ1n) is 4.82. The van der Waals surface area contributed by atoms with E-state index in [2.05, 4.69) is 5.48 Å². The number of nitrogens with one attached hydrogen (secondary N) is 1. The molecule has 4 heteroatoms. The van der Waals surface area contributed by atoms with Crippen molar-refractivity contribution in [2.45, 2.75) is 26.4 Å². The monoisotopic (exact) mass is 201 g/mol. The number of hydrogen-bond donors (Lipinski definition) is 1. The molecular formula is C10H21N2O2+. The minimum absolute atomic E-state index is 0.115. The Morgan fingerprint density at radius 1 is 1.50 bits per heavy atom. The van der Waals surface area contributed by atoms with E-state index in [0.29, 0.717) is 4.48 Å². The Kier molecular flexibility index (Phi) is 5.42. The quantitative estimate of drug-likeness (QED) is 0.313. The zero-order chi connectivity index (χ0) is 11.2. The number of carbonyl (C=O) groups excluding carboxylic acids is 1. The maximum atomic E-state index is 11.0. The Morgan fingerprint density at radius 3 is 2.43 bits per heavy atom. The van der Waals surface area contributed by atoms with Crippen molar-refractivity contribution < 1.29 is 14.1 Å². The van der Waals surface area contributed by atoms with Crippen LogP contribution in [0.3, 0.4) is 0 Å². The van der Waals surface area contributed by atoms with Gasteiger partial charge in [0.05, 0.1) is 21.1 Å². The fraction of sp³-hybridized carbons (Fsp3) is 0.700. The van der Waals surface area contributed by atoms with Crippen LogP contribution in [-0.4, -0.2) is 37.8 Å². The third-order valence-corrected chi connectivity index (χ3v) is 1.92. The molecule has 1 atom stereocenters. The standard InChI is InChI=1S/C10H21N2O2/c1-6-8-10(13)14-11-9(7-2)12(3,4)5/h6,8-9,11H,7H2,1-5H3/q+1. The van der Waals surface area contributed by atoms with Crippen molar-refractivity contribution in [3.63, 3.8) is 0 Å². The highest BCUT2D eigenvalue weighted by atomic mass is 16.7. The molecule has 14 heavy (non-hydrogen) atoms. The number of hydroxylamine groups is 1. The van der Waals surface area contributed by atoms with Crippen LogP contribution in [0.25, 0.3) is 0 Å². The molecule has 0 aliphatic carbocycles. The number of carbonyl (C=O) groups is 1. The molecule has 0 aromatic rings. The van der Waals surface area contributed by atoms with Gasteiger partial charge < -0.3 is 9.32 Å². The lowest BCUT2D eigenvalue weighted by atomic mass is 10.3. The largest absolute Gasteiger partial charge is 0.362 e. The first-order valence-corrected chi connectivity index (χ1v) is 4.82. The minimum Gasteiger partial charge on any atom is -0.362 e. The topological polar surface area (TPSA) is 38.3 Å². The van der Waals surface area contributed by atoms with E-state index in [9.17, 15) is 4.79 Å². The average molecular weight is 201 g/mol. The van der Waals surface area contributed by atoms with Crippen molar-refractivity contribution in [1.29, 1.82) is 0 Å². The SMILES string of the molecule is CC=CC(=O)ONC(CC)[N+](C)(C)C. The zero-order valence-electron chi connectivity index (χ0n) is 9.70. The molecule has 0 rings (SSSR count). The van der Waals surface area contributed by atoms with Crippen LogP contribution in [0.2, 0.25) is 0 Å². The van der Waals surface area contributed by atoms with Crippen LogP contribution in [0.4, 0.5) is 0 Å². The Bertz CT molecular complexity index is 207. The van der Waals surface area contributed by atoms with E-state index < -0.39 is 0 Å². The Balaban J connectivity index is 4.03. The molecule has 0 aliphatic heterocycles. The zero-order valence-corrected chi connectivity index (χ0v) is 9.70. The first kappa shape index (κ1) is 13.1. The molecule has 0 saturated heterocycles. The van der Waals surface area contributed by atoms with E-state index in [1.807, 2.05) is 28.1 Å². The molecule has 0 radical (unpaired) electrons. The molecule has 0 aromatic heterocycles. The third-order valence-electron chi connectivity index (χ3n) is 1.92. The highest BCUT2D eigenvalue weighted by Gasteiger charge is 2.22. The van der Waals surface area contributed by atoms with E-state index in [0.717, 1.165) is 6.42 Å². The summed E-state index contributed by atoms with van der Waals surface area (Å²) in [4.78, 5) is 15.9. The Labute approximate surface area is 86.1 Å². The van der Waals surface area contributed by atoms with E-state index in [-0.39, 0.29) is 12.1 Å². The number of hydrogen-bond acceptors (Lipinski definition) is 3. The van der Waals surface area contributed by atoms with Gasteiger partial charge in [-0.05, 0) is 6.92 Å². The molecular weight excluding hydrogens is 180 g/mol. The summed E-state index contributed by atoms with van der Waals surface area (Å²) in [5.74, 6) is -0.362. The lowest BCUT2D eigenvalue weighted by Gasteiger charge is -2.32. The summed E-state index contributed by atoms with van der Waals surface area (Å²) in [6, 6.07) is 0. The van der Waals surface area contributed by atoms with Gasteiger partial charge in [-0.25, -0.2) is 4.79 Å². The highest BCUT2D eigenvalue weighted by Crippen LogP contribution is 2.03. The summed E-state index contributed by atoms with van der Waals surface area (Å²) in [5, 5.41) is 0. The number of quaternary nitrogens is 1. The smallest absolute Gasteiger partial charge is 0.349 e. The van der Waals surface area contributed by atoms with Gasteiger partial charge in [0.1, 0.15) is 0 Å². The van der Waals surface area contributed by atoms with Crippen molar-refractivity contribution in [3.05, 3.63) is 12.2 Å². The molecule has 4 nitrogen and oxygen atoms in total. The average Bonchev–Trinajstić information content (AvgIpc) is 2.03.